The first-order chi connectivity index (χ1) is 13.1. The number of rotatable bonds is 7. The molecule has 7 heteroatoms. The van der Waals surface area contributed by atoms with Gasteiger partial charge in [0.15, 0.2) is 0 Å². The summed E-state index contributed by atoms with van der Waals surface area (Å²) in [5.41, 5.74) is 2.38. The predicted octanol–water partition coefficient (Wildman–Crippen LogP) is 4.18. The fourth-order valence-electron chi connectivity index (χ4n) is 2.40. The lowest BCUT2D eigenvalue weighted by atomic mass is 10.2. The Kier molecular flexibility index (Phi) is 5.94. The molecule has 3 rings (SSSR count). The highest BCUT2D eigenvalue weighted by Crippen LogP contribution is 2.16. The van der Waals surface area contributed by atoms with Crippen molar-refractivity contribution in [2.45, 2.75) is 13.2 Å². The molecule has 138 valence electrons. The van der Waals surface area contributed by atoms with Gasteiger partial charge in [-0.3, -0.25) is 9.48 Å². The smallest absolute Gasteiger partial charge is 0.387 e. The number of carbonyl (C=O) groups excluding carboxylic acids is 1. The van der Waals surface area contributed by atoms with Gasteiger partial charge in [-0.25, -0.2) is 0 Å². The molecule has 0 saturated heterocycles. The van der Waals surface area contributed by atoms with E-state index in [2.05, 4.69) is 15.2 Å². The van der Waals surface area contributed by atoms with Crippen molar-refractivity contribution in [2.24, 2.45) is 0 Å². The van der Waals surface area contributed by atoms with Gasteiger partial charge in [0.25, 0.3) is 0 Å². The van der Waals surface area contributed by atoms with E-state index in [9.17, 15) is 13.6 Å². The minimum atomic E-state index is -2.86. The maximum atomic E-state index is 12.1. The zero-order valence-corrected chi connectivity index (χ0v) is 14.3. The van der Waals surface area contributed by atoms with Crippen molar-refractivity contribution < 1.29 is 18.3 Å². The van der Waals surface area contributed by atoms with E-state index < -0.39 is 6.61 Å². The number of anilines is 1. The van der Waals surface area contributed by atoms with Crippen LogP contribution >= 0.6 is 0 Å². The van der Waals surface area contributed by atoms with Crippen molar-refractivity contribution in [3.05, 3.63) is 84.2 Å². The predicted molar refractivity (Wildman–Crippen MR) is 98.5 cm³/mol. The fraction of sp³-hybridized carbons (Fsp3) is 0.100. The minimum Gasteiger partial charge on any atom is -0.435 e. The number of halogens is 2. The summed E-state index contributed by atoms with van der Waals surface area (Å²) in [7, 11) is 0. The molecule has 1 N–H and O–H groups in total. The highest BCUT2D eigenvalue weighted by molar-refractivity contribution is 6.01. The van der Waals surface area contributed by atoms with Crippen LogP contribution in [0.3, 0.4) is 0 Å². The van der Waals surface area contributed by atoms with Gasteiger partial charge in [-0.1, -0.05) is 42.5 Å². The van der Waals surface area contributed by atoms with Gasteiger partial charge in [0.1, 0.15) is 5.75 Å². The molecule has 27 heavy (non-hydrogen) atoms. The van der Waals surface area contributed by atoms with Crippen molar-refractivity contribution in [2.75, 3.05) is 5.32 Å². The van der Waals surface area contributed by atoms with E-state index in [1.54, 1.807) is 35.3 Å². The first kappa shape index (κ1) is 18.3. The van der Waals surface area contributed by atoms with Crippen LogP contribution in [0.4, 0.5) is 14.5 Å². The third-order valence-electron chi connectivity index (χ3n) is 3.62. The fourth-order valence-corrected chi connectivity index (χ4v) is 2.40. The largest absolute Gasteiger partial charge is 0.435 e. The van der Waals surface area contributed by atoms with Crippen molar-refractivity contribution in [1.82, 2.24) is 9.78 Å². The van der Waals surface area contributed by atoms with E-state index in [0.717, 1.165) is 5.56 Å². The summed E-state index contributed by atoms with van der Waals surface area (Å²) in [6.07, 6.45) is 6.26. The van der Waals surface area contributed by atoms with Crippen molar-refractivity contribution in [1.29, 1.82) is 0 Å². The standard InChI is InChI=1S/C20H17F2N3O2/c21-20(22)27-18-9-6-15(7-10-18)8-11-19(26)24-17-12-23-25(14-17)13-16-4-2-1-3-5-16/h1-12,14,20H,13H2,(H,24,26)/b11-8-. The molecule has 0 fully saturated rings. The Balaban J connectivity index is 1.54. The summed E-state index contributed by atoms with van der Waals surface area (Å²) < 4.78 is 30.2. The second-order valence-corrected chi connectivity index (χ2v) is 5.68. The molecule has 0 bridgehead atoms. The summed E-state index contributed by atoms with van der Waals surface area (Å²) in [6, 6.07) is 15.9. The van der Waals surface area contributed by atoms with Crippen molar-refractivity contribution in [3.8, 4) is 5.75 Å². The third kappa shape index (κ3) is 5.78. The molecular weight excluding hydrogens is 352 g/mol. The molecule has 0 unspecified atom stereocenters. The number of hydrogen-bond donors (Lipinski definition) is 1. The van der Waals surface area contributed by atoms with Gasteiger partial charge in [0.05, 0.1) is 18.4 Å². The van der Waals surface area contributed by atoms with Gasteiger partial charge < -0.3 is 10.1 Å². The maximum absolute atomic E-state index is 12.1. The van der Waals surface area contributed by atoms with Gasteiger partial charge in [-0.2, -0.15) is 13.9 Å². The Bertz CT molecular complexity index is 906. The average Bonchev–Trinajstić information content (AvgIpc) is 3.08. The number of benzene rings is 2. The van der Waals surface area contributed by atoms with Gasteiger partial charge in [-0.15, -0.1) is 0 Å². The molecule has 1 aromatic heterocycles. The highest BCUT2D eigenvalue weighted by atomic mass is 19.3. The van der Waals surface area contributed by atoms with E-state index in [-0.39, 0.29) is 11.7 Å². The van der Waals surface area contributed by atoms with E-state index >= 15 is 0 Å². The van der Waals surface area contributed by atoms with Crippen molar-refractivity contribution >= 4 is 17.7 Å². The lowest BCUT2D eigenvalue weighted by Crippen LogP contribution is -2.07. The number of amides is 1. The van der Waals surface area contributed by atoms with Gasteiger partial charge in [0, 0.05) is 12.3 Å². The maximum Gasteiger partial charge on any atom is 0.387 e. The number of alkyl halides is 2. The minimum absolute atomic E-state index is 0.0671. The van der Waals surface area contributed by atoms with Crippen LogP contribution in [0, 0.1) is 0 Å². The molecule has 3 aromatic rings. The average molecular weight is 369 g/mol. The Hall–Kier alpha value is -3.48. The van der Waals surface area contributed by atoms with E-state index in [0.29, 0.717) is 17.8 Å². The molecule has 0 aliphatic heterocycles. The second-order valence-electron chi connectivity index (χ2n) is 5.68. The van der Waals surface area contributed by atoms with E-state index in [4.69, 9.17) is 0 Å². The second kappa shape index (κ2) is 8.75. The Morgan fingerprint density at radius 1 is 1.15 bits per heavy atom. The monoisotopic (exact) mass is 369 g/mol. The molecule has 0 aliphatic carbocycles. The number of nitrogens with one attached hydrogen (secondary N) is 1. The van der Waals surface area contributed by atoms with Crippen LogP contribution in [0.25, 0.3) is 6.08 Å². The first-order valence-electron chi connectivity index (χ1n) is 8.19. The van der Waals surface area contributed by atoms with Crippen LogP contribution in [0.5, 0.6) is 5.75 Å². The van der Waals surface area contributed by atoms with E-state index in [1.807, 2.05) is 30.3 Å². The van der Waals surface area contributed by atoms with Crippen molar-refractivity contribution in [3.63, 3.8) is 0 Å². The Morgan fingerprint density at radius 2 is 1.89 bits per heavy atom. The zero-order valence-electron chi connectivity index (χ0n) is 14.3. The molecule has 1 amide bonds. The number of hydrogen-bond acceptors (Lipinski definition) is 3. The molecule has 0 atom stereocenters. The summed E-state index contributed by atoms with van der Waals surface area (Å²) in [5, 5.41) is 6.94. The zero-order chi connectivity index (χ0) is 19.1. The normalized spacial score (nSPS) is 11.1. The molecule has 1 heterocycles. The van der Waals surface area contributed by atoms with E-state index in [1.165, 1.54) is 18.2 Å². The molecular formula is C20H17F2N3O2. The first-order valence-corrected chi connectivity index (χ1v) is 8.19. The van der Waals surface area contributed by atoms with Gasteiger partial charge in [0.2, 0.25) is 5.91 Å². The third-order valence-corrected chi connectivity index (χ3v) is 3.62. The number of aromatic nitrogens is 2. The molecule has 0 spiro atoms. The van der Waals surface area contributed by atoms with Crippen LogP contribution < -0.4 is 10.1 Å². The summed E-state index contributed by atoms with van der Waals surface area (Å²) in [4.78, 5) is 12.0. The number of carbonyl (C=O) groups is 1. The quantitative estimate of drug-likeness (QED) is 0.636. The molecule has 2 aromatic carbocycles. The van der Waals surface area contributed by atoms with Crippen LogP contribution in [0.1, 0.15) is 11.1 Å². The van der Waals surface area contributed by atoms with Crippen LogP contribution in [-0.4, -0.2) is 22.3 Å². The van der Waals surface area contributed by atoms with Gasteiger partial charge in [-0.05, 0) is 29.3 Å². The van der Waals surface area contributed by atoms with Crippen LogP contribution in [-0.2, 0) is 11.3 Å². The Labute approximate surface area is 154 Å². The number of nitrogens with zero attached hydrogens (tertiary/aromatic N) is 2. The highest BCUT2D eigenvalue weighted by Gasteiger charge is 2.04. The summed E-state index contributed by atoms with van der Waals surface area (Å²) >= 11 is 0. The van der Waals surface area contributed by atoms with Crippen LogP contribution in [0.2, 0.25) is 0 Å². The lowest BCUT2D eigenvalue weighted by Gasteiger charge is -2.03. The molecule has 5 nitrogen and oxygen atoms in total. The van der Waals surface area contributed by atoms with Gasteiger partial charge >= 0.3 is 6.61 Å². The lowest BCUT2D eigenvalue weighted by molar-refractivity contribution is -0.111. The topological polar surface area (TPSA) is 56.1 Å². The number of ether oxygens (including phenoxy) is 1. The van der Waals surface area contributed by atoms with Crippen LogP contribution in [0.15, 0.2) is 73.1 Å². The summed E-state index contributed by atoms with van der Waals surface area (Å²) in [6.45, 7) is -2.25. The molecule has 0 saturated carbocycles. The molecule has 0 aliphatic rings. The molecule has 0 radical (unpaired) electrons. The SMILES string of the molecule is O=C(/C=C\c1ccc(OC(F)F)cc1)Nc1cnn(Cc2ccccc2)c1. The summed E-state index contributed by atoms with van der Waals surface area (Å²) in [5.74, 6) is -0.250. The Morgan fingerprint density at radius 3 is 2.59 bits per heavy atom.